The number of carbonyl (C=O) groups excluding carboxylic acids is 1. The van der Waals surface area contributed by atoms with Crippen molar-refractivity contribution in [2.45, 2.75) is 50.7 Å². The fourth-order valence-electron chi connectivity index (χ4n) is 3.06. The van der Waals surface area contributed by atoms with E-state index in [9.17, 15) is 13.2 Å². The van der Waals surface area contributed by atoms with E-state index in [-0.39, 0.29) is 24.7 Å². The van der Waals surface area contributed by atoms with E-state index in [0.29, 0.717) is 12.8 Å². The van der Waals surface area contributed by atoms with Crippen LogP contribution in [0.1, 0.15) is 32.6 Å². The van der Waals surface area contributed by atoms with Gasteiger partial charge in [0.05, 0.1) is 6.61 Å². The molecule has 6 nitrogen and oxygen atoms in total. The van der Waals surface area contributed by atoms with Gasteiger partial charge in [0, 0.05) is 18.1 Å². The lowest BCUT2D eigenvalue weighted by molar-refractivity contribution is -0.140. The van der Waals surface area contributed by atoms with Gasteiger partial charge < -0.3 is 10.5 Å². The summed E-state index contributed by atoms with van der Waals surface area (Å²) in [6.45, 7) is 1.86. The van der Waals surface area contributed by atoms with Crippen molar-refractivity contribution in [3.8, 4) is 0 Å². The van der Waals surface area contributed by atoms with Crippen LogP contribution in [0.5, 0.6) is 0 Å². The van der Waals surface area contributed by atoms with Gasteiger partial charge in [-0.25, -0.2) is 8.42 Å². The highest BCUT2D eigenvalue weighted by Crippen LogP contribution is 2.37. The zero-order valence-electron chi connectivity index (χ0n) is 10.5. The number of ether oxygens (including phenoxy) is 1. The van der Waals surface area contributed by atoms with Crippen LogP contribution in [0.25, 0.3) is 0 Å². The van der Waals surface area contributed by atoms with Gasteiger partial charge in [-0.2, -0.15) is 4.31 Å². The number of esters is 1. The molecule has 18 heavy (non-hydrogen) atoms. The number of hydrogen-bond donors (Lipinski definition) is 1. The van der Waals surface area contributed by atoms with E-state index in [0.717, 1.165) is 12.8 Å². The van der Waals surface area contributed by atoms with Crippen LogP contribution in [0.2, 0.25) is 0 Å². The van der Waals surface area contributed by atoms with Gasteiger partial charge in [-0.1, -0.05) is 0 Å². The van der Waals surface area contributed by atoms with Crippen molar-refractivity contribution in [3.05, 3.63) is 0 Å². The lowest BCUT2D eigenvalue weighted by Crippen LogP contribution is -2.51. The molecule has 2 fully saturated rings. The standard InChI is InChI=1S/C11H20N2O4S/c1-2-17-11(14)7-18(15,16)13-9-3-4-10(13)6-8(12)5-9/h8-10H,2-7,12H2,1H3. The maximum Gasteiger partial charge on any atom is 0.322 e. The van der Waals surface area contributed by atoms with Crippen LogP contribution in [-0.4, -0.2) is 49.2 Å². The van der Waals surface area contributed by atoms with Gasteiger partial charge in [0.15, 0.2) is 5.75 Å². The second-order valence-corrected chi connectivity index (χ2v) is 6.88. The molecule has 2 unspecified atom stereocenters. The second-order valence-electron chi connectivity index (χ2n) is 5.01. The Bertz CT molecular complexity index is 409. The predicted octanol–water partition coefficient (Wildman–Crippen LogP) is -0.167. The number of sulfonamides is 1. The molecule has 2 N–H and O–H groups in total. The number of carbonyl (C=O) groups is 1. The third kappa shape index (κ3) is 2.67. The monoisotopic (exact) mass is 276 g/mol. The minimum atomic E-state index is -3.56. The van der Waals surface area contributed by atoms with Crippen molar-refractivity contribution < 1.29 is 17.9 Å². The predicted molar refractivity (Wildman–Crippen MR) is 66.3 cm³/mol. The van der Waals surface area contributed by atoms with E-state index in [1.54, 1.807) is 6.92 Å². The van der Waals surface area contributed by atoms with Crippen molar-refractivity contribution in [1.82, 2.24) is 4.31 Å². The van der Waals surface area contributed by atoms with Gasteiger partial charge in [-0.15, -0.1) is 0 Å². The lowest BCUT2D eigenvalue weighted by Gasteiger charge is -2.36. The number of fused-ring (bicyclic) bond motifs is 2. The quantitative estimate of drug-likeness (QED) is 0.720. The summed E-state index contributed by atoms with van der Waals surface area (Å²) >= 11 is 0. The minimum absolute atomic E-state index is 0.0295. The number of nitrogens with two attached hydrogens (primary N) is 1. The summed E-state index contributed by atoms with van der Waals surface area (Å²) < 4.78 is 30.7. The summed E-state index contributed by atoms with van der Waals surface area (Å²) in [5.41, 5.74) is 5.90. The second kappa shape index (κ2) is 5.14. The summed E-state index contributed by atoms with van der Waals surface area (Å²) in [4.78, 5) is 11.3. The van der Waals surface area contributed by atoms with Crippen LogP contribution in [0, 0.1) is 0 Å². The van der Waals surface area contributed by atoms with Crippen molar-refractivity contribution in [1.29, 1.82) is 0 Å². The molecule has 2 heterocycles. The van der Waals surface area contributed by atoms with Crippen LogP contribution >= 0.6 is 0 Å². The summed E-state index contributed by atoms with van der Waals surface area (Å²) in [6.07, 6.45) is 3.08. The molecule has 0 spiro atoms. The first-order valence-corrected chi connectivity index (χ1v) is 7.97. The Morgan fingerprint density at radius 3 is 2.39 bits per heavy atom. The average Bonchev–Trinajstić information content (AvgIpc) is 2.52. The Balaban J connectivity index is 2.09. The zero-order chi connectivity index (χ0) is 13.3. The number of nitrogens with zero attached hydrogens (tertiary/aromatic N) is 1. The molecule has 0 radical (unpaired) electrons. The number of hydrogen-bond acceptors (Lipinski definition) is 5. The molecule has 0 aromatic rings. The van der Waals surface area contributed by atoms with Crippen molar-refractivity contribution >= 4 is 16.0 Å². The first kappa shape index (κ1) is 13.8. The summed E-state index contributed by atoms with van der Waals surface area (Å²) in [5, 5.41) is 0. The molecule has 0 aromatic carbocycles. The van der Waals surface area contributed by atoms with Crippen LogP contribution in [0.15, 0.2) is 0 Å². The number of rotatable bonds is 4. The Morgan fingerprint density at radius 1 is 1.33 bits per heavy atom. The topological polar surface area (TPSA) is 89.7 Å². The van der Waals surface area contributed by atoms with Gasteiger partial charge in [-0.3, -0.25) is 4.79 Å². The average molecular weight is 276 g/mol. The Kier molecular flexibility index (Phi) is 3.93. The normalized spacial score (nSPS) is 32.4. The number of piperidine rings is 1. The van der Waals surface area contributed by atoms with Crippen LogP contribution in [-0.2, 0) is 19.6 Å². The molecule has 104 valence electrons. The third-order valence-electron chi connectivity index (χ3n) is 3.63. The highest BCUT2D eigenvalue weighted by Gasteiger charge is 2.46. The third-order valence-corrected chi connectivity index (χ3v) is 5.47. The maximum absolute atomic E-state index is 12.2. The van der Waals surface area contributed by atoms with Gasteiger partial charge in [0.25, 0.3) is 0 Å². The molecular weight excluding hydrogens is 256 g/mol. The first-order valence-electron chi connectivity index (χ1n) is 6.36. The van der Waals surface area contributed by atoms with Gasteiger partial charge >= 0.3 is 5.97 Å². The van der Waals surface area contributed by atoms with Crippen molar-refractivity contribution in [2.75, 3.05) is 12.4 Å². The molecule has 2 rings (SSSR count). The van der Waals surface area contributed by atoms with E-state index in [4.69, 9.17) is 10.5 Å². The van der Waals surface area contributed by atoms with E-state index in [1.807, 2.05) is 0 Å². The highest BCUT2D eigenvalue weighted by atomic mass is 32.2. The molecule has 0 amide bonds. The van der Waals surface area contributed by atoms with E-state index in [2.05, 4.69) is 0 Å². The molecule has 2 bridgehead atoms. The molecule has 2 saturated heterocycles. The molecule has 2 aliphatic rings. The van der Waals surface area contributed by atoms with Gasteiger partial charge in [0.1, 0.15) is 0 Å². The Labute approximate surface area is 108 Å². The van der Waals surface area contributed by atoms with Crippen LogP contribution in [0.3, 0.4) is 0 Å². The van der Waals surface area contributed by atoms with Crippen LogP contribution < -0.4 is 5.73 Å². The molecule has 0 saturated carbocycles. The fourth-order valence-corrected chi connectivity index (χ4v) is 4.88. The highest BCUT2D eigenvalue weighted by molar-refractivity contribution is 7.89. The molecule has 7 heteroatoms. The van der Waals surface area contributed by atoms with E-state index in [1.165, 1.54) is 4.31 Å². The SMILES string of the molecule is CCOC(=O)CS(=O)(=O)N1C2CCC1CC(N)C2. The van der Waals surface area contributed by atoms with E-state index >= 15 is 0 Å². The first-order chi connectivity index (χ1) is 8.44. The molecule has 0 aromatic heterocycles. The van der Waals surface area contributed by atoms with Gasteiger partial charge in [-0.05, 0) is 32.6 Å². The molecule has 0 aliphatic carbocycles. The summed E-state index contributed by atoms with van der Waals surface area (Å²) in [7, 11) is -3.56. The van der Waals surface area contributed by atoms with Crippen molar-refractivity contribution in [2.24, 2.45) is 5.73 Å². The zero-order valence-corrected chi connectivity index (χ0v) is 11.4. The van der Waals surface area contributed by atoms with E-state index < -0.39 is 21.7 Å². The van der Waals surface area contributed by atoms with Gasteiger partial charge in [0.2, 0.25) is 10.0 Å². The summed E-state index contributed by atoms with van der Waals surface area (Å²) in [6, 6.07) is 0.0212. The Morgan fingerprint density at radius 2 is 1.89 bits per heavy atom. The van der Waals surface area contributed by atoms with Crippen molar-refractivity contribution in [3.63, 3.8) is 0 Å². The molecule has 2 atom stereocenters. The largest absolute Gasteiger partial charge is 0.465 e. The fraction of sp³-hybridized carbons (Fsp3) is 0.909. The Hall–Kier alpha value is -0.660. The maximum atomic E-state index is 12.2. The minimum Gasteiger partial charge on any atom is -0.465 e. The smallest absolute Gasteiger partial charge is 0.322 e. The van der Waals surface area contributed by atoms with Crippen LogP contribution in [0.4, 0.5) is 0 Å². The summed E-state index contributed by atoms with van der Waals surface area (Å²) in [5.74, 6) is -1.23. The lowest BCUT2D eigenvalue weighted by atomic mass is 10.0. The molecule has 2 aliphatic heterocycles. The molecular formula is C11H20N2O4S.